The third-order valence-corrected chi connectivity index (χ3v) is 4.39. The lowest BCUT2D eigenvalue weighted by Gasteiger charge is -2.44. The van der Waals surface area contributed by atoms with E-state index >= 15 is 0 Å². The number of hydrogen-bond acceptors (Lipinski definition) is 3. The predicted molar refractivity (Wildman–Crippen MR) is 66.7 cm³/mol. The first kappa shape index (κ1) is 12.3. The maximum atomic E-state index is 5.45. The van der Waals surface area contributed by atoms with Gasteiger partial charge in [0.15, 0.2) is 0 Å². The van der Waals surface area contributed by atoms with Gasteiger partial charge >= 0.3 is 0 Å². The zero-order chi connectivity index (χ0) is 11.4. The van der Waals surface area contributed by atoms with E-state index in [2.05, 4.69) is 24.2 Å². The van der Waals surface area contributed by atoms with E-state index in [1.165, 1.54) is 25.7 Å². The summed E-state index contributed by atoms with van der Waals surface area (Å²) in [4.78, 5) is 2.65. The van der Waals surface area contributed by atoms with Gasteiger partial charge in [0.2, 0.25) is 0 Å². The topological polar surface area (TPSA) is 24.5 Å². The minimum atomic E-state index is 0.695. The summed E-state index contributed by atoms with van der Waals surface area (Å²) in [5.74, 6) is 0.942. The van der Waals surface area contributed by atoms with E-state index in [1.54, 1.807) is 0 Å². The molecule has 3 heteroatoms. The summed E-state index contributed by atoms with van der Waals surface area (Å²) in [6.45, 7) is 6.42. The maximum Gasteiger partial charge on any atom is 0.0594 e. The Morgan fingerprint density at radius 3 is 2.62 bits per heavy atom. The van der Waals surface area contributed by atoms with Gasteiger partial charge in [-0.05, 0) is 32.2 Å². The quantitative estimate of drug-likeness (QED) is 0.789. The van der Waals surface area contributed by atoms with Crippen LogP contribution in [0.15, 0.2) is 0 Å². The highest BCUT2D eigenvalue weighted by atomic mass is 16.5. The molecule has 1 heterocycles. The molecule has 0 aromatic rings. The van der Waals surface area contributed by atoms with Crippen molar-refractivity contribution in [1.29, 1.82) is 0 Å². The Kier molecular flexibility index (Phi) is 4.62. The number of rotatable bonds is 3. The van der Waals surface area contributed by atoms with Crippen molar-refractivity contribution >= 4 is 0 Å². The standard InChI is InChI=1S/C13H26N2O/c1-3-11-4-5-12(14-2)13(10-11)15-6-8-16-9-7-15/h11-14H,3-10H2,1-2H3. The van der Waals surface area contributed by atoms with E-state index in [0.717, 1.165) is 38.3 Å². The molecule has 2 fully saturated rings. The number of nitrogens with zero attached hydrogens (tertiary/aromatic N) is 1. The van der Waals surface area contributed by atoms with Gasteiger partial charge in [-0.1, -0.05) is 13.3 Å². The summed E-state index contributed by atoms with van der Waals surface area (Å²) < 4.78 is 5.45. The average Bonchev–Trinajstić information content (AvgIpc) is 2.39. The molecule has 0 bridgehead atoms. The largest absolute Gasteiger partial charge is 0.379 e. The molecule has 1 aliphatic carbocycles. The molecule has 3 nitrogen and oxygen atoms in total. The Bertz CT molecular complexity index is 204. The second-order valence-electron chi connectivity index (χ2n) is 5.20. The van der Waals surface area contributed by atoms with Crippen LogP contribution in [0.25, 0.3) is 0 Å². The van der Waals surface area contributed by atoms with Gasteiger partial charge in [-0.2, -0.15) is 0 Å². The first-order valence-corrected chi connectivity index (χ1v) is 6.84. The van der Waals surface area contributed by atoms with Crippen molar-refractivity contribution in [1.82, 2.24) is 10.2 Å². The van der Waals surface area contributed by atoms with Crippen molar-refractivity contribution in [3.8, 4) is 0 Å². The number of hydrogen-bond donors (Lipinski definition) is 1. The smallest absolute Gasteiger partial charge is 0.0594 e. The van der Waals surface area contributed by atoms with Crippen LogP contribution in [0.2, 0.25) is 0 Å². The fraction of sp³-hybridized carbons (Fsp3) is 1.00. The van der Waals surface area contributed by atoms with Crippen LogP contribution in [0, 0.1) is 5.92 Å². The summed E-state index contributed by atoms with van der Waals surface area (Å²) in [6, 6.07) is 1.44. The molecule has 1 N–H and O–H groups in total. The van der Waals surface area contributed by atoms with Gasteiger partial charge in [0.05, 0.1) is 13.2 Å². The molecule has 3 unspecified atom stereocenters. The molecule has 0 radical (unpaired) electrons. The van der Waals surface area contributed by atoms with Gasteiger partial charge in [-0.15, -0.1) is 0 Å². The first-order valence-electron chi connectivity index (χ1n) is 6.84. The Labute approximate surface area is 99.5 Å². The van der Waals surface area contributed by atoms with Crippen LogP contribution in [0.3, 0.4) is 0 Å². The van der Waals surface area contributed by atoms with E-state index in [0.29, 0.717) is 6.04 Å². The summed E-state index contributed by atoms with van der Waals surface area (Å²) in [5, 5.41) is 3.51. The maximum absolute atomic E-state index is 5.45. The minimum absolute atomic E-state index is 0.695. The Balaban J connectivity index is 1.95. The number of likely N-dealkylation sites (N-methyl/N-ethyl adjacent to an activating group) is 1. The third kappa shape index (κ3) is 2.76. The van der Waals surface area contributed by atoms with E-state index in [4.69, 9.17) is 4.74 Å². The highest BCUT2D eigenvalue weighted by molar-refractivity contribution is 4.90. The van der Waals surface area contributed by atoms with Gasteiger partial charge in [-0.3, -0.25) is 4.90 Å². The summed E-state index contributed by atoms with van der Waals surface area (Å²) >= 11 is 0. The lowest BCUT2D eigenvalue weighted by molar-refractivity contribution is -0.00634. The van der Waals surface area contributed by atoms with Crippen molar-refractivity contribution in [2.24, 2.45) is 5.92 Å². The molecular formula is C13H26N2O. The monoisotopic (exact) mass is 226 g/mol. The molecule has 16 heavy (non-hydrogen) atoms. The second kappa shape index (κ2) is 5.99. The SMILES string of the molecule is CCC1CCC(NC)C(N2CCOCC2)C1. The Morgan fingerprint density at radius 2 is 2.00 bits per heavy atom. The van der Waals surface area contributed by atoms with Crippen LogP contribution < -0.4 is 5.32 Å². The highest BCUT2D eigenvalue weighted by Gasteiger charge is 2.33. The minimum Gasteiger partial charge on any atom is -0.379 e. The molecule has 0 aromatic carbocycles. The molecule has 0 spiro atoms. The molecule has 1 saturated carbocycles. The Morgan fingerprint density at radius 1 is 1.25 bits per heavy atom. The van der Waals surface area contributed by atoms with Crippen molar-refractivity contribution < 1.29 is 4.74 Å². The van der Waals surface area contributed by atoms with Gasteiger partial charge in [0.25, 0.3) is 0 Å². The molecule has 0 aromatic heterocycles. The van der Waals surface area contributed by atoms with Gasteiger partial charge in [0.1, 0.15) is 0 Å². The molecule has 1 saturated heterocycles. The number of ether oxygens (including phenoxy) is 1. The zero-order valence-corrected chi connectivity index (χ0v) is 10.7. The van der Waals surface area contributed by atoms with Crippen molar-refractivity contribution in [2.45, 2.75) is 44.7 Å². The summed E-state index contributed by atoms with van der Waals surface area (Å²) in [7, 11) is 2.12. The highest BCUT2D eigenvalue weighted by Crippen LogP contribution is 2.30. The fourth-order valence-corrected chi connectivity index (χ4v) is 3.25. The molecule has 3 atom stereocenters. The molecule has 0 amide bonds. The summed E-state index contributed by atoms with van der Waals surface area (Å²) in [6.07, 6.45) is 5.47. The first-order chi connectivity index (χ1) is 7.85. The van der Waals surface area contributed by atoms with E-state index in [9.17, 15) is 0 Å². The van der Waals surface area contributed by atoms with Gasteiger partial charge in [0, 0.05) is 25.2 Å². The van der Waals surface area contributed by atoms with E-state index in [1.807, 2.05) is 0 Å². The van der Waals surface area contributed by atoms with E-state index in [-0.39, 0.29) is 0 Å². The fourth-order valence-electron chi connectivity index (χ4n) is 3.25. The molecule has 94 valence electrons. The van der Waals surface area contributed by atoms with Crippen LogP contribution in [-0.4, -0.2) is 50.3 Å². The van der Waals surface area contributed by atoms with Crippen LogP contribution >= 0.6 is 0 Å². The lowest BCUT2D eigenvalue weighted by Crippen LogP contribution is -2.55. The molecule has 1 aliphatic heterocycles. The van der Waals surface area contributed by atoms with Crippen LogP contribution in [0.4, 0.5) is 0 Å². The molecule has 2 aliphatic rings. The number of morpholine rings is 1. The third-order valence-electron chi connectivity index (χ3n) is 4.39. The summed E-state index contributed by atoms with van der Waals surface area (Å²) in [5.41, 5.74) is 0. The van der Waals surface area contributed by atoms with Crippen LogP contribution in [0.5, 0.6) is 0 Å². The zero-order valence-electron chi connectivity index (χ0n) is 10.7. The molecule has 2 rings (SSSR count). The van der Waals surface area contributed by atoms with Crippen molar-refractivity contribution in [3.05, 3.63) is 0 Å². The van der Waals surface area contributed by atoms with Crippen LogP contribution in [-0.2, 0) is 4.74 Å². The average molecular weight is 226 g/mol. The van der Waals surface area contributed by atoms with Gasteiger partial charge < -0.3 is 10.1 Å². The van der Waals surface area contributed by atoms with Crippen LogP contribution in [0.1, 0.15) is 32.6 Å². The van der Waals surface area contributed by atoms with Crippen molar-refractivity contribution in [2.75, 3.05) is 33.4 Å². The predicted octanol–water partition coefficient (Wildman–Crippen LogP) is 1.49. The van der Waals surface area contributed by atoms with E-state index < -0.39 is 0 Å². The van der Waals surface area contributed by atoms with Crippen molar-refractivity contribution in [3.63, 3.8) is 0 Å². The normalized spacial score (nSPS) is 37.5. The number of nitrogens with one attached hydrogen (secondary N) is 1. The second-order valence-corrected chi connectivity index (χ2v) is 5.20. The molecular weight excluding hydrogens is 200 g/mol. The van der Waals surface area contributed by atoms with Gasteiger partial charge in [-0.25, -0.2) is 0 Å². The Hall–Kier alpha value is -0.120. The lowest BCUT2D eigenvalue weighted by atomic mass is 9.80.